The zero-order valence-electron chi connectivity index (χ0n) is 11.4. The van der Waals surface area contributed by atoms with Gasteiger partial charge in [0.15, 0.2) is 0 Å². The number of hydrogen-bond donors (Lipinski definition) is 1. The van der Waals surface area contributed by atoms with Gasteiger partial charge in [-0.1, -0.05) is 41.4 Å². The van der Waals surface area contributed by atoms with Crippen molar-refractivity contribution >= 4 is 23.3 Å². The van der Waals surface area contributed by atoms with E-state index in [0.29, 0.717) is 22.8 Å². The maximum atomic E-state index is 11.7. The van der Waals surface area contributed by atoms with Crippen molar-refractivity contribution in [3.8, 4) is 0 Å². The van der Waals surface area contributed by atoms with Gasteiger partial charge in [-0.25, -0.2) is 4.79 Å². The van der Waals surface area contributed by atoms with Crippen LogP contribution < -0.4 is 5.32 Å². The third kappa shape index (κ3) is 3.52. The smallest absolute Gasteiger partial charge is 0.339 e. The average molecular weight is 290 g/mol. The predicted molar refractivity (Wildman–Crippen MR) is 81.3 cm³/mol. The molecule has 1 N–H and O–H groups in total. The van der Waals surface area contributed by atoms with E-state index >= 15 is 0 Å². The van der Waals surface area contributed by atoms with Crippen LogP contribution >= 0.6 is 11.6 Å². The Bertz CT molecular complexity index is 608. The molecule has 0 aromatic heterocycles. The molecule has 20 heavy (non-hydrogen) atoms. The minimum absolute atomic E-state index is 0.381. The van der Waals surface area contributed by atoms with E-state index in [-0.39, 0.29) is 5.97 Å². The minimum Gasteiger partial charge on any atom is -0.465 e. The number of anilines is 1. The second kappa shape index (κ2) is 6.44. The highest BCUT2D eigenvalue weighted by atomic mass is 35.5. The molecule has 0 bridgehead atoms. The summed E-state index contributed by atoms with van der Waals surface area (Å²) in [6, 6.07) is 13.3. The Morgan fingerprint density at radius 3 is 2.55 bits per heavy atom. The monoisotopic (exact) mass is 289 g/mol. The quantitative estimate of drug-likeness (QED) is 0.863. The summed E-state index contributed by atoms with van der Waals surface area (Å²) < 4.78 is 4.76. The van der Waals surface area contributed by atoms with Crippen LogP contribution in [0, 0.1) is 6.92 Å². The summed E-state index contributed by atoms with van der Waals surface area (Å²) >= 11 is 5.98. The fourth-order valence-corrected chi connectivity index (χ4v) is 2.03. The lowest BCUT2D eigenvalue weighted by Crippen LogP contribution is -2.08. The van der Waals surface area contributed by atoms with Crippen LogP contribution in [0.1, 0.15) is 21.5 Å². The number of benzene rings is 2. The number of methoxy groups -OCH3 is 1. The summed E-state index contributed by atoms with van der Waals surface area (Å²) in [5.74, 6) is -0.381. The van der Waals surface area contributed by atoms with Gasteiger partial charge in [-0.05, 0) is 30.7 Å². The molecule has 0 aliphatic heterocycles. The number of aryl methyl sites for hydroxylation is 1. The third-order valence-electron chi connectivity index (χ3n) is 2.99. The number of hydrogen-bond acceptors (Lipinski definition) is 3. The van der Waals surface area contributed by atoms with E-state index < -0.39 is 0 Å². The number of carbonyl (C=O) groups excluding carboxylic acids is 1. The van der Waals surface area contributed by atoms with Crippen LogP contribution in [0.4, 0.5) is 5.69 Å². The molecule has 0 atom stereocenters. The first kappa shape index (κ1) is 14.4. The molecular weight excluding hydrogens is 274 g/mol. The largest absolute Gasteiger partial charge is 0.465 e. The molecule has 2 aromatic rings. The van der Waals surface area contributed by atoms with Crippen molar-refractivity contribution in [3.63, 3.8) is 0 Å². The van der Waals surface area contributed by atoms with Crippen LogP contribution in [0.3, 0.4) is 0 Å². The van der Waals surface area contributed by atoms with Crippen molar-refractivity contribution in [2.24, 2.45) is 0 Å². The van der Waals surface area contributed by atoms with Crippen LogP contribution in [0.15, 0.2) is 42.5 Å². The Balaban J connectivity index is 2.17. The summed E-state index contributed by atoms with van der Waals surface area (Å²) in [5, 5.41) is 3.79. The molecule has 0 radical (unpaired) electrons. The summed E-state index contributed by atoms with van der Waals surface area (Å²) in [5.41, 5.74) is 3.49. The standard InChI is InChI=1S/C16H16ClNO2/c1-11-3-5-12(6-4-11)10-18-15-9-13(17)7-8-14(15)16(19)20-2/h3-9,18H,10H2,1-2H3. The van der Waals surface area contributed by atoms with Gasteiger partial charge in [0, 0.05) is 11.6 Å². The summed E-state index contributed by atoms with van der Waals surface area (Å²) in [6.45, 7) is 2.66. The summed E-state index contributed by atoms with van der Waals surface area (Å²) in [6.07, 6.45) is 0. The first-order valence-electron chi connectivity index (χ1n) is 6.27. The van der Waals surface area contributed by atoms with E-state index in [1.165, 1.54) is 12.7 Å². The predicted octanol–water partition coefficient (Wildman–Crippen LogP) is 4.05. The highest BCUT2D eigenvalue weighted by molar-refractivity contribution is 6.31. The molecular formula is C16H16ClNO2. The van der Waals surface area contributed by atoms with Crippen LogP contribution in [0.2, 0.25) is 5.02 Å². The van der Waals surface area contributed by atoms with Crippen molar-refractivity contribution in [3.05, 3.63) is 64.2 Å². The molecule has 0 aliphatic rings. The molecule has 4 heteroatoms. The Hall–Kier alpha value is -2.00. The zero-order valence-corrected chi connectivity index (χ0v) is 12.2. The average Bonchev–Trinajstić information content (AvgIpc) is 2.46. The van der Waals surface area contributed by atoms with Crippen molar-refractivity contribution in [1.82, 2.24) is 0 Å². The molecule has 2 aromatic carbocycles. The van der Waals surface area contributed by atoms with Gasteiger partial charge < -0.3 is 10.1 Å². The van der Waals surface area contributed by atoms with E-state index in [1.54, 1.807) is 18.2 Å². The maximum absolute atomic E-state index is 11.7. The second-order valence-corrected chi connectivity index (χ2v) is 4.96. The van der Waals surface area contributed by atoms with Crippen molar-refractivity contribution in [1.29, 1.82) is 0 Å². The Labute approximate surface area is 123 Å². The lowest BCUT2D eigenvalue weighted by atomic mass is 10.1. The molecule has 0 amide bonds. The van der Waals surface area contributed by atoms with Crippen molar-refractivity contribution in [2.45, 2.75) is 13.5 Å². The lowest BCUT2D eigenvalue weighted by Gasteiger charge is -2.11. The molecule has 3 nitrogen and oxygen atoms in total. The molecule has 0 spiro atoms. The first-order valence-corrected chi connectivity index (χ1v) is 6.65. The van der Waals surface area contributed by atoms with E-state index in [9.17, 15) is 4.79 Å². The SMILES string of the molecule is COC(=O)c1ccc(Cl)cc1NCc1ccc(C)cc1. The van der Waals surface area contributed by atoms with Gasteiger partial charge >= 0.3 is 5.97 Å². The summed E-state index contributed by atoms with van der Waals surface area (Å²) in [4.78, 5) is 11.7. The fraction of sp³-hybridized carbons (Fsp3) is 0.188. The fourth-order valence-electron chi connectivity index (χ4n) is 1.85. The van der Waals surface area contributed by atoms with Crippen molar-refractivity contribution in [2.75, 3.05) is 12.4 Å². The number of rotatable bonds is 4. The van der Waals surface area contributed by atoms with E-state index in [2.05, 4.69) is 17.4 Å². The third-order valence-corrected chi connectivity index (χ3v) is 3.23. The van der Waals surface area contributed by atoms with Crippen LogP contribution in [0.5, 0.6) is 0 Å². The van der Waals surface area contributed by atoms with Gasteiger partial charge in [0.1, 0.15) is 0 Å². The molecule has 0 aliphatic carbocycles. The molecule has 0 unspecified atom stereocenters. The first-order chi connectivity index (χ1) is 9.60. The van der Waals surface area contributed by atoms with Gasteiger partial charge in [0.05, 0.1) is 18.4 Å². The van der Waals surface area contributed by atoms with Gasteiger partial charge in [-0.3, -0.25) is 0 Å². The number of halogens is 1. The number of ether oxygens (including phenoxy) is 1. The maximum Gasteiger partial charge on any atom is 0.339 e. The van der Waals surface area contributed by atoms with Gasteiger partial charge in [0.25, 0.3) is 0 Å². The van der Waals surface area contributed by atoms with Crippen molar-refractivity contribution < 1.29 is 9.53 Å². The molecule has 0 heterocycles. The Kier molecular flexibility index (Phi) is 4.64. The molecule has 0 saturated carbocycles. The minimum atomic E-state index is -0.381. The van der Waals surface area contributed by atoms with E-state index in [4.69, 9.17) is 16.3 Å². The topological polar surface area (TPSA) is 38.3 Å². The molecule has 0 fully saturated rings. The molecule has 0 saturated heterocycles. The normalized spacial score (nSPS) is 10.2. The van der Waals surface area contributed by atoms with Gasteiger partial charge in [-0.15, -0.1) is 0 Å². The lowest BCUT2D eigenvalue weighted by molar-refractivity contribution is 0.0602. The number of esters is 1. The summed E-state index contributed by atoms with van der Waals surface area (Å²) in [7, 11) is 1.36. The second-order valence-electron chi connectivity index (χ2n) is 4.52. The number of carbonyl (C=O) groups is 1. The van der Waals surface area contributed by atoms with Crippen LogP contribution in [0.25, 0.3) is 0 Å². The van der Waals surface area contributed by atoms with Gasteiger partial charge in [0.2, 0.25) is 0 Å². The van der Waals surface area contributed by atoms with Crippen LogP contribution in [-0.4, -0.2) is 13.1 Å². The highest BCUT2D eigenvalue weighted by Gasteiger charge is 2.11. The van der Waals surface area contributed by atoms with E-state index in [1.807, 2.05) is 19.1 Å². The van der Waals surface area contributed by atoms with Gasteiger partial charge in [-0.2, -0.15) is 0 Å². The Morgan fingerprint density at radius 2 is 1.90 bits per heavy atom. The Morgan fingerprint density at radius 1 is 1.20 bits per heavy atom. The van der Waals surface area contributed by atoms with Crippen LogP contribution in [-0.2, 0) is 11.3 Å². The number of nitrogens with one attached hydrogen (secondary N) is 1. The zero-order chi connectivity index (χ0) is 14.5. The molecule has 104 valence electrons. The highest BCUT2D eigenvalue weighted by Crippen LogP contribution is 2.22. The van der Waals surface area contributed by atoms with E-state index in [0.717, 1.165) is 5.56 Å². The molecule has 2 rings (SSSR count).